The number of hydrogen-bond acceptors (Lipinski definition) is 4. The van der Waals surface area contributed by atoms with Gasteiger partial charge in [0.2, 0.25) is 0 Å². The molecule has 2 heterocycles. The number of carbonyl (C=O) groups is 1. The van der Waals surface area contributed by atoms with E-state index in [1.54, 1.807) is 0 Å². The zero-order valence-corrected chi connectivity index (χ0v) is 21.4. The van der Waals surface area contributed by atoms with Crippen LogP contribution in [0, 0.1) is 8.99 Å². The summed E-state index contributed by atoms with van der Waals surface area (Å²) in [6.45, 7) is 2.13. The first-order chi connectivity index (χ1) is 15.1. The average molecular weight is 563 g/mol. The predicted molar refractivity (Wildman–Crippen MR) is 142 cm³/mol. The van der Waals surface area contributed by atoms with Crippen LogP contribution in [-0.4, -0.2) is 30.5 Å². The van der Waals surface area contributed by atoms with Crippen LogP contribution in [0.4, 0.5) is 11.4 Å². The molecule has 3 nitrogen and oxygen atoms in total. The molecule has 2 aliphatic carbocycles. The summed E-state index contributed by atoms with van der Waals surface area (Å²) in [5, 5.41) is 3.24. The molecule has 6 rings (SSSR count). The number of rotatable bonds is 3. The fraction of sp³-hybridized carbons (Fsp3) is 0.480. The second-order valence-electron chi connectivity index (χ2n) is 9.42. The monoisotopic (exact) mass is 562 g/mol. The molecule has 0 atom stereocenters. The number of piperidine rings is 1. The maximum Gasteiger partial charge on any atom is 0.257 e. The predicted octanol–water partition coefficient (Wildman–Crippen LogP) is 6.50. The van der Waals surface area contributed by atoms with Crippen LogP contribution in [0.25, 0.3) is 0 Å². The number of halogens is 1. The molecule has 1 N–H and O–H groups in total. The van der Waals surface area contributed by atoms with Crippen LogP contribution in [0.15, 0.2) is 36.4 Å². The molecule has 1 amide bonds. The van der Waals surface area contributed by atoms with Gasteiger partial charge in [-0.1, -0.05) is 6.07 Å². The highest BCUT2D eigenvalue weighted by Gasteiger charge is 2.45. The van der Waals surface area contributed by atoms with E-state index in [1.807, 2.05) is 6.07 Å². The van der Waals surface area contributed by atoms with Gasteiger partial charge in [-0.05, 0) is 108 Å². The lowest BCUT2D eigenvalue weighted by Gasteiger charge is -2.35. The van der Waals surface area contributed by atoms with Gasteiger partial charge in [0.05, 0.1) is 15.3 Å². The molecule has 0 unspecified atom stereocenters. The number of hydrogen-bond donors (Lipinski definition) is 1. The summed E-state index contributed by atoms with van der Waals surface area (Å²) in [4.78, 5) is 15.8. The Morgan fingerprint density at radius 3 is 2.48 bits per heavy atom. The van der Waals surface area contributed by atoms with Gasteiger partial charge < -0.3 is 10.2 Å². The SMILES string of the molecule is O=C(Nc1ccc2c(c1)C1(CC2)SCCS1)c1ccc(I)cc1N1CCC2(CC1)CC2. The molecule has 31 heavy (non-hydrogen) atoms. The summed E-state index contributed by atoms with van der Waals surface area (Å²) < 4.78 is 1.40. The number of nitrogens with one attached hydrogen (secondary N) is 1. The normalized spacial score (nSPS) is 22.7. The Morgan fingerprint density at radius 1 is 0.968 bits per heavy atom. The van der Waals surface area contributed by atoms with E-state index in [-0.39, 0.29) is 9.99 Å². The van der Waals surface area contributed by atoms with Gasteiger partial charge in [-0.2, -0.15) is 0 Å². The van der Waals surface area contributed by atoms with Crippen molar-refractivity contribution in [3.63, 3.8) is 0 Å². The summed E-state index contributed by atoms with van der Waals surface area (Å²) in [5.41, 5.74) is 6.35. The van der Waals surface area contributed by atoms with Crippen LogP contribution in [0.1, 0.15) is 53.6 Å². The van der Waals surface area contributed by atoms with Crippen molar-refractivity contribution in [1.82, 2.24) is 0 Å². The lowest BCUT2D eigenvalue weighted by molar-refractivity contribution is 0.102. The standard InChI is InChI=1S/C25H27IN2OS2/c26-18-2-4-20(22(15-18)28-11-9-24(7-8-24)10-12-28)23(29)27-19-3-1-17-5-6-25(21(17)16-19)30-13-14-31-25/h1-4,15-16H,5-14H2,(H,27,29). The Kier molecular flexibility index (Phi) is 5.26. The van der Waals surface area contributed by atoms with Gasteiger partial charge in [0.25, 0.3) is 5.91 Å². The molecule has 2 spiro atoms. The number of amides is 1. The molecule has 2 aromatic rings. The van der Waals surface area contributed by atoms with Crippen molar-refractivity contribution in [2.45, 2.75) is 42.6 Å². The molecule has 162 valence electrons. The molecule has 1 saturated carbocycles. The van der Waals surface area contributed by atoms with Gasteiger partial charge in [-0.15, -0.1) is 23.5 Å². The minimum atomic E-state index is 0.0110. The topological polar surface area (TPSA) is 32.3 Å². The molecule has 3 fully saturated rings. The van der Waals surface area contributed by atoms with E-state index in [4.69, 9.17) is 0 Å². The van der Waals surface area contributed by atoms with E-state index in [0.29, 0.717) is 5.41 Å². The summed E-state index contributed by atoms with van der Waals surface area (Å²) in [6, 6.07) is 12.8. The smallest absolute Gasteiger partial charge is 0.257 e. The second-order valence-corrected chi connectivity index (χ2v) is 13.7. The highest BCUT2D eigenvalue weighted by molar-refractivity contribution is 14.1. The fourth-order valence-electron chi connectivity index (χ4n) is 5.47. The molecule has 4 aliphatic rings. The summed E-state index contributed by atoms with van der Waals surface area (Å²) in [5.74, 6) is 2.46. The molecular weight excluding hydrogens is 535 g/mol. The maximum absolute atomic E-state index is 13.4. The minimum absolute atomic E-state index is 0.0110. The van der Waals surface area contributed by atoms with E-state index >= 15 is 0 Å². The van der Waals surface area contributed by atoms with Crippen LogP contribution in [0.2, 0.25) is 0 Å². The zero-order valence-electron chi connectivity index (χ0n) is 17.6. The van der Waals surface area contributed by atoms with Crippen LogP contribution in [0.5, 0.6) is 0 Å². The third kappa shape index (κ3) is 3.80. The third-order valence-electron chi connectivity index (χ3n) is 7.58. The van der Waals surface area contributed by atoms with Gasteiger partial charge >= 0.3 is 0 Å². The van der Waals surface area contributed by atoms with Gasteiger partial charge in [0.15, 0.2) is 0 Å². The van der Waals surface area contributed by atoms with Crippen molar-refractivity contribution >= 4 is 63.4 Å². The van der Waals surface area contributed by atoms with Crippen molar-refractivity contribution < 1.29 is 4.79 Å². The summed E-state index contributed by atoms with van der Waals surface area (Å²) >= 11 is 6.54. The van der Waals surface area contributed by atoms with Crippen molar-refractivity contribution in [3.05, 3.63) is 56.7 Å². The first-order valence-electron chi connectivity index (χ1n) is 11.3. The molecule has 2 saturated heterocycles. The van der Waals surface area contributed by atoms with Gasteiger partial charge in [0.1, 0.15) is 0 Å². The van der Waals surface area contributed by atoms with Crippen LogP contribution in [-0.2, 0) is 10.5 Å². The Balaban J connectivity index is 1.25. The van der Waals surface area contributed by atoms with Crippen LogP contribution >= 0.6 is 46.1 Å². The number of aryl methyl sites for hydroxylation is 1. The molecular formula is C25H27IN2OS2. The van der Waals surface area contributed by atoms with Crippen molar-refractivity contribution in [3.8, 4) is 0 Å². The third-order valence-corrected chi connectivity index (χ3v) is 11.8. The maximum atomic E-state index is 13.4. The number of carbonyl (C=O) groups excluding carboxylic acids is 1. The summed E-state index contributed by atoms with van der Waals surface area (Å²) in [6.07, 6.45) is 7.70. The lowest BCUT2D eigenvalue weighted by atomic mass is 9.93. The largest absolute Gasteiger partial charge is 0.371 e. The molecule has 2 aromatic carbocycles. The average Bonchev–Trinajstić information content (AvgIpc) is 3.21. The van der Waals surface area contributed by atoms with Gasteiger partial charge in [-0.3, -0.25) is 4.79 Å². The Morgan fingerprint density at radius 2 is 1.74 bits per heavy atom. The Hall–Kier alpha value is -0.860. The first-order valence-corrected chi connectivity index (χ1v) is 14.4. The first kappa shape index (κ1) is 20.7. The van der Waals surface area contributed by atoms with E-state index in [9.17, 15) is 4.79 Å². The number of fused-ring (bicyclic) bond motifs is 2. The lowest BCUT2D eigenvalue weighted by Crippen LogP contribution is -2.35. The van der Waals surface area contributed by atoms with Crippen molar-refractivity contribution in [2.75, 3.05) is 34.8 Å². The molecule has 2 aliphatic heterocycles. The number of anilines is 2. The number of nitrogens with zero attached hydrogens (tertiary/aromatic N) is 1. The second kappa shape index (κ2) is 7.87. The van der Waals surface area contributed by atoms with E-state index in [0.717, 1.165) is 36.4 Å². The van der Waals surface area contributed by atoms with Gasteiger partial charge in [-0.25, -0.2) is 0 Å². The molecule has 0 aromatic heterocycles. The van der Waals surface area contributed by atoms with E-state index in [2.05, 4.69) is 86.7 Å². The molecule has 6 heteroatoms. The molecule has 0 radical (unpaired) electrons. The highest BCUT2D eigenvalue weighted by atomic mass is 127. The number of thioether (sulfide) groups is 2. The highest BCUT2D eigenvalue weighted by Crippen LogP contribution is 2.59. The van der Waals surface area contributed by atoms with Crippen molar-refractivity contribution in [2.24, 2.45) is 5.41 Å². The fourth-order valence-corrected chi connectivity index (χ4v) is 9.29. The van der Waals surface area contributed by atoms with Crippen LogP contribution in [0.3, 0.4) is 0 Å². The van der Waals surface area contributed by atoms with E-state index in [1.165, 1.54) is 58.3 Å². The van der Waals surface area contributed by atoms with Crippen LogP contribution < -0.4 is 10.2 Å². The van der Waals surface area contributed by atoms with E-state index < -0.39 is 0 Å². The van der Waals surface area contributed by atoms with Gasteiger partial charge in [0, 0.05) is 33.9 Å². The number of benzene rings is 2. The minimum Gasteiger partial charge on any atom is -0.371 e. The van der Waals surface area contributed by atoms with Crippen molar-refractivity contribution in [1.29, 1.82) is 0 Å². The Bertz CT molecular complexity index is 1040. The quantitative estimate of drug-likeness (QED) is 0.433. The molecule has 0 bridgehead atoms. The Labute approximate surface area is 206 Å². The summed E-state index contributed by atoms with van der Waals surface area (Å²) in [7, 11) is 0. The zero-order chi connectivity index (χ0) is 21.1.